The average molecular weight is 298 g/mol. The van der Waals surface area contributed by atoms with Crippen molar-refractivity contribution in [1.82, 2.24) is 0 Å². The quantitative estimate of drug-likeness (QED) is 0.288. The van der Waals surface area contributed by atoms with Crippen molar-refractivity contribution in [3.8, 4) is 0 Å². The Labute approximate surface area is 130 Å². The van der Waals surface area contributed by atoms with Gasteiger partial charge >= 0.3 is 5.97 Å². The van der Waals surface area contributed by atoms with E-state index in [9.17, 15) is 9.90 Å². The summed E-state index contributed by atoms with van der Waals surface area (Å²) in [7, 11) is 0. The van der Waals surface area contributed by atoms with Crippen LogP contribution in [0, 0.1) is 0 Å². The van der Waals surface area contributed by atoms with Gasteiger partial charge in [0, 0.05) is 12.8 Å². The van der Waals surface area contributed by atoms with E-state index in [1.54, 1.807) is 0 Å². The van der Waals surface area contributed by atoms with Gasteiger partial charge in [-0.25, -0.2) is 0 Å². The highest BCUT2D eigenvalue weighted by molar-refractivity contribution is 5.66. The van der Waals surface area contributed by atoms with Gasteiger partial charge in [-0.05, 0) is 31.8 Å². The minimum atomic E-state index is -0.683. The van der Waals surface area contributed by atoms with Gasteiger partial charge in [-0.15, -0.1) is 0 Å². The molecule has 124 valence electrons. The Kier molecular flexibility index (Phi) is 14.7. The molecule has 0 aliphatic rings. The number of carboxylic acid groups (broad SMARTS) is 1. The summed E-state index contributed by atoms with van der Waals surface area (Å²) in [5.74, 6) is -0.114. The van der Waals surface area contributed by atoms with Crippen molar-refractivity contribution in [3.05, 3.63) is 11.8 Å². The summed E-state index contributed by atoms with van der Waals surface area (Å²) in [5.41, 5.74) is 0. The van der Waals surface area contributed by atoms with Crippen LogP contribution in [0.5, 0.6) is 0 Å². The monoisotopic (exact) mass is 298 g/mol. The van der Waals surface area contributed by atoms with Crippen LogP contribution in [0.3, 0.4) is 0 Å². The molecule has 0 saturated heterocycles. The Morgan fingerprint density at radius 1 is 0.762 bits per heavy atom. The molecule has 21 heavy (non-hydrogen) atoms. The van der Waals surface area contributed by atoms with E-state index in [4.69, 9.17) is 5.11 Å². The molecule has 0 atom stereocenters. The highest BCUT2D eigenvalue weighted by Gasteiger charge is 1.97. The lowest BCUT2D eigenvalue weighted by Gasteiger charge is -2.02. The summed E-state index contributed by atoms with van der Waals surface area (Å²) in [6, 6.07) is 0. The van der Waals surface area contributed by atoms with Gasteiger partial charge in [0.15, 0.2) is 0 Å². The second-order valence-corrected chi connectivity index (χ2v) is 5.91. The third-order valence-corrected chi connectivity index (χ3v) is 3.76. The van der Waals surface area contributed by atoms with E-state index in [1.807, 2.05) is 6.08 Å². The van der Waals surface area contributed by atoms with Crippen LogP contribution in [0.1, 0.15) is 96.8 Å². The molecule has 0 rings (SSSR count). The van der Waals surface area contributed by atoms with Crippen molar-refractivity contribution in [2.24, 2.45) is 0 Å². The van der Waals surface area contributed by atoms with Crippen molar-refractivity contribution in [2.45, 2.75) is 96.8 Å². The van der Waals surface area contributed by atoms with Crippen molar-refractivity contribution in [2.75, 3.05) is 0 Å². The van der Waals surface area contributed by atoms with Gasteiger partial charge in [-0.2, -0.15) is 0 Å². The molecule has 0 amide bonds. The van der Waals surface area contributed by atoms with Crippen molar-refractivity contribution < 1.29 is 15.0 Å². The summed E-state index contributed by atoms with van der Waals surface area (Å²) in [4.78, 5) is 10.3. The fourth-order valence-electron chi connectivity index (χ4n) is 2.41. The molecule has 0 spiro atoms. The van der Waals surface area contributed by atoms with E-state index in [2.05, 4.69) is 6.92 Å². The van der Waals surface area contributed by atoms with Gasteiger partial charge in [0.25, 0.3) is 0 Å². The van der Waals surface area contributed by atoms with E-state index in [0.29, 0.717) is 12.2 Å². The molecule has 0 aromatic heterocycles. The SMILES string of the molecule is CCCCCC=C(O)CCCCCCCCCCC(=O)O. The normalized spacial score (nSPS) is 11.8. The molecular weight excluding hydrogens is 264 g/mol. The lowest BCUT2D eigenvalue weighted by Crippen LogP contribution is -1.93. The molecule has 3 heteroatoms. The van der Waals surface area contributed by atoms with Gasteiger partial charge in [0.1, 0.15) is 0 Å². The summed E-state index contributed by atoms with van der Waals surface area (Å²) in [5, 5.41) is 18.2. The Bertz CT molecular complexity index is 272. The first-order valence-electron chi connectivity index (χ1n) is 8.76. The molecule has 0 radical (unpaired) electrons. The maximum Gasteiger partial charge on any atom is 0.303 e. The molecule has 0 saturated carbocycles. The standard InChI is InChI=1S/C18H34O3/c1-2-3-4-11-14-17(19)15-12-9-7-5-6-8-10-13-16-18(20)21/h14,19H,2-13,15-16H2,1H3,(H,20,21). The van der Waals surface area contributed by atoms with Crippen LogP contribution in [-0.2, 0) is 4.79 Å². The number of aliphatic hydroxyl groups excluding tert-OH is 1. The molecular formula is C18H34O3. The Balaban J connectivity index is 3.22. The molecule has 3 nitrogen and oxygen atoms in total. The second kappa shape index (κ2) is 15.4. The number of carbonyl (C=O) groups is 1. The first kappa shape index (κ1) is 20.0. The van der Waals surface area contributed by atoms with Crippen LogP contribution in [0.15, 0.2) is 11.8 Å². The molecule has 0 heterocycles. The van der Waals surface area contributed by atoms with Crippen molar-refractivity contribution in [1.29, 1.82) is 0 Å². The number of rotatable bonds is 15. The number of hydrogen-bond donors (Lipinski definition) is 2. The Morgan fingerprint density at radius 3 is 1.81 bits per heavy atom. The molecule has 0 unspecified atom stereocenters. The molecule has 0 fully saturated rings. The topological polar surface area (TPSA) is 57.5 Å². The summed E-state index contributed by atoms with van der Waals surface area (Å²) in [6.07, 6.45) is 16.7. The summed E-state index contributed by atoms with van der Waals surface area (Å²) in [6.45, 7) is 2.19. The fraction of sp³-hybridized carbons (Fsp3) is 0.833. The lowest BCUT2D eigenvalue weighted by atomic mass is 10.1. The van der Waals surface area contributed by atoms with Gasteiger partial charge < -0.3 is 10.2 Å². The van der Waals surface area contributed by atoms with E-state index >= 15 is 0 Å². The Morgan fingerprint density at radius 2 is 1.29 bits per heavy atom. The van der Waals surface area contributed by atoms with E-state index < -0.39 is 5.97 Å². The zero-order valence-electron chi connectivity index (χ0n) is 13.8. The van der Waals surface area contributed by atoms with Crippen molar-refractivity contribution in [3.63, 3.8) is 0 Å². The van der Waals surface area contributed by atoms with Crippen molar-refractivity contribution >= 4 is 5.97 Å². The van der Waals surface area contributed by atoms with Crippen LogP contribution in [0.25, 0.3) is 0 Å². The number of hydrogen-bond acceptors (Lipinski definition) is 2. The third kappa shape index (κ3) is 17.0. The fourth-order valence-corrected chi connectivity index (χ4v) is 2.41. The number of aliphatic hydroxyl groups is 1. The number of carboxylic acids is 1. The first-order chi connectivity index (χ1) is 10.2. The number of allylic oxidation sites excluding steroid dienone is 2. The summed E-state index contributed by atoms with van der Waals surface area (Å²) >= 11 is 0. The largest absolute Gasteiger partial charge is 0.513 e. The summed E-state index contributed by atoms with van der Waals surface area (Å²) < 4.78 is 0. The zero-order valence-corrected chi connectivity index (χ0v) is 13.8. The number of unbranched alkanes of at least 4 members (excludes halogenated alkanes) is 10. The first-order valence-corrected chi connectivity index (χ1v) is 8.76. The molecule has 0 aliphatic heterocycles. The van der Waals surface area contributed by atoms with Crippen LogP contribution in [-0.4, -0.2) is 16.2 Å². The maximum absolute atomic E-state index is 10.3. The Hall–Kier alpha value is -0.990. The zero-order chi connectivity index (χ0) is 15.8. The van der Waals surface area contributed by atoms with E-state index in [1.165, 1.54) is 44.9 Å². The third-order valence-electron chi connectivity index (χ3n) is 3.76. The highest BCUT2D eigenvalue weighted by Crippen LogP contribution is 2.13. The predicted octanol–water partition coefficient (Wildman–Crippen LogP) is 5.99. The number of aliphatic carboxylic acids is 1. The van der Waals surface area contributed by atoms with Gasteiger partial charge in [0.05, 0.1) is 5.76 Å². The molecule has 0 aromatic rings. The molecule has 0 bridgehead atoms. The minimum absolute atomic E-state index is 0.309. The van der Waals surface area contributed by atoms with Gasteiger partial charge in [-0.3, -0.25) is 4.79 Å². The maximum atomic E-state index is 10.3. The average Bonchev–Trinajstić information content (AvgIpc) is 2.45. The predicted molar refractivity (Wildman–Crippen MR) is 88.7 cm³/mol. The van der Waals surface area contributed by atoms with E-state index in [-0.39, 0.29) is 0 Å². The van der Waals surface area contributed by atoms with Crippen LogP contribution >= 0.6 is 0 Å². The van der Waals surface area contributed by atoms with Crippen LogP contribution < -0.4 is 0 Å². The van der Waals surface area contributed by atoms with E-state index in [0.717, 1.165) is 38.5 Å². The molecule has 0 aromatic carbocycles. The molecule has 2 N–H and O–H groups in total. The lowest BCUT2D eigenvalue weighted by molar-refractivity contribution is -0.137. The molecule has 0 aliphatic carbocycles. The second-order valence-electron chi connectivity index (χ2n) is 5.91. The van der Waals surface area contributed by atoms with Crippen LogP contribution in [0.2, 0.25) is 0 Å². The van der Waals surface area contributed by atoms with Crippen LogP contribution in [0.4, 0.5) is 0 Å². The van der Waals surface area contributed by atoms with Gasteiger partial charge in [-0.1, -0.05) is 58.3 Å². The smallest absolute Gasteiger partial charge is 0.303 e. The van der Waals surface area contributed by atoms with Gasteiger partial charge in [0.2, 0.25) is 0 Å². The highest BCUT2D eigenvalue weighted by atomic mass is 16.4. The minimum Gasteiger partial charge on any atom is -0.513 e.